The lowest BCUT2D eigenvalue weighted by atomic mass is 9.87. The molecule has 2 aromatic carbocycles. The van der Waals surface area contributed by atoms with Crippen LogP contribution in [-0.2, 0) is 22.1 Å². The summed E-state index contributed by atoms with van der Waals surface area (Å²) in [5.41, 5.74) is 0.694. The average Bonchev–Trinajstić information content (AvgIpc) is 3.46. The van der Waals surface area contributed by atoms with E-state index in [1.807, 2.05) is 0 Å². The van der Waals surface area contributed by atoms with Crippen molar-refractivity contribution in [1.82, 2.24) is 10.0 Å². The number of sulfonamides is 1. The van der Waals surface area contributed by atoms with Gasteiger partial charge in [0.25, 0.3) is 5.91 Å². The minimum atomic E-state index is -3.74. The fourth-order valence-corrected chi connectivity index (χ4v) is 4.96. The van der Waals surface area contributed by atoms with Gasteiger partial charge in [0, 0.05) is 5.56 Å². The smallest absolute Gasteiger partial charge is 0.251 e. The Kier molecular flexibility index (Phi) is 5.93. The number of hydrogen-bond donors (Lipinski definition) is 2. The van der Waals surface area contributed by atoms with Gasteiger partial charge in [-0.1, -0.05) is 25.0 Å². The summed E-state index contributed by atoms with van der Waals surface area (Å²) in [4.78, 5) is 13.0. The second kappa shape index (κ2) is 8.64. The van der Waals surface area contributed by atoms with E-state index in [0.717, 1.165) is 31.2 Å². The molecule has 4 rings (SSSR count). The van der Waals surface area contributed by atoms with Crippen molar-refractivity contribution in [2.45, 2.75) is 42.7 Å². The highest BCUT2D eigenvalue weighted by atomic mass is 32.2. The number of hydrogen-bond acceptors (Lipinski definition) is 4. The summed E-state index contributed by atoms with van der Waals surface area (Å²) in [6.45, 7) is 0.0394. The maximum Gasteiger partial charge on any atom is 0.251 e. The molecular weight excluding hydrogens is 419 g/mol. The van der Waals surface area contributed by atoms with Gasteiger partial charge in [0.2, 0.25) is 10.0 Å². The Bertz CT molecular complexity index is 1140. The van der Waals surface area contributed by atoms with E-state index < -0.39 is 15.6 Å². The lowest BCUT2D eigenvalue weighted by Gasteiger charge is -2.31. The Morgan fingerprint density at radius 1 is 1.00 bits per heavy atom. The topological polar surface area (TPSA) is 88.4 Å². The second-order valence-electron chi connectivity index (χ2n) is 7.68. The standard InChI is InChI=1S/C23H23FN2O4S/c24-19-9-7-18(8-10-19)23(13-1-2-14-23)26-22(27)17-5-11-21(12-6-17)31(28,29)25-16-20-4-3-15-30-20/h3-12,15,25H,1-2,13-14,16H2,(H,26,27). The van der Waals surface area contributed by atoms with E-state index in [0.29, 0.717) is 11.3 Å². The SMILES string of the molecule is O=C(NC1(c2ccc(F)cc2)CCCC1)c1ccc(S(=O)(=O)NCc2ccco2)cc1. The largest absolute Gasteiger partial charge is 0.468 e. The van der Waals surface area contributed by atoms with E-state index >= 15 is 0 Å². The van der Waals surface area contributed by atoms with E-state index in [2.05, 4.69) is 10.0 Å². The van der Waals surface area contributed by atoms with Crippen molar-refractivity contribution in [3.63, 3.8) is 0 Å². The molecular formula is C23H23FN2O4S. The lowest BCUT2D eigenvalue weighted by molar-refractivity contribution is 0.0898. The molecule has 8 heteroatoms. The van der Waals surface area contributed by atoms with Gasteiger partial charge in [-0.25, -0.2) is 17.5 Å². The second-order valence-corrected chi connectivity index (χ2v) is 9.45. The third-order valence-corrected chi connectivity index (χ3v) is 7.07. The number of carbonyl (C=O) groups is 1. The van der Waals surface area contributed by atoms with Gasteiger partial charge in [0.05, 0.1) is 23.2 Å². The van der Waals surface area contributed by atoms with Crippen LogP contribution in [-0.4, -0.2) is 14.3 Å². The number of halogens is 1. The summed E-state index contributed by atoms with van der Waals surface area (Å²) in [7, 11) is -3.74. The van der Waals surface area contributed by atoms with E-state index in [1.54, 1.807) is 24.3 Å². The Morgan fingerprint density at radius 2 is 1.68 bits per heavy atom. The van der Waals surface area contributed by atoms with Crippen molar-refractivity contribution in [3.8, 4) is 0 Å². The molecule has 0 unspecified atom stereocenters. The van der Waals surface area contributed by atoms with E-state index in [9.17, 15) is 17.6 Å². The van der Waals surface area contributed by atoms with Crippen LogP contribution in [0.3, 0.4) is 0 Å². The minimum absolute atomic E-state index is 0.0394. The van der Waals surface area contributed by atoms with Crippen LogP contribution in [0.1, 0.15) is 47.4 Å². The quantitative estimate of drug-likeness (QED) is 0.577. The molecule has 0 aliphatic heterocycles. The first-order valence-corrected chi connectivity index (χ1v) is 11.6. The fourth-order valence-electron chi connectivity index (χ4n) is 3.97. The monoisotopic (exact) mass is 442 g/mol. The zero-order valence-electron chi connectivity index (χ0n) is 16.8. The molecule has 162 valence electrons. The normalized spacial score (nSPS) is 15.6. The maximum atomic E-state index is 13.3. The summed E-state index contributed by atoms with van der Waals surface area (Å²) < 4.78 is 45.9. The first-order chi connectivity index (χ1) is 14.9. The Labute approximate surface area is 180 Å². The van der Waals surface area contributed by atoms with E-state index in [-0.39, 0.29) is 23.2 Å². The molecule has 1 aliphatic rings. The van der Waals surface area contributed by atoms with Gasteiger partial charge in [-0.05, 0) is 66.9 Å². The van der Waals surface area contributed by atoms with Crippen LogP contribution in [0.2, 0.25) is 0 Å². The van der Waals surface area contributed by atoms with Crippen LogP contribution in [0.5, 0.6) is 0 Å². The highest BCUT2D eigenvalue weighted by Gasteiger charge is 2.37. The van der Waals surface area contributed by atoms with Crippen LogP contribution in [0, 0.1) is 5.82 Å². The van der Waals surface area contributed by atoms with Crippen molar-refractivity contribution >= 4 is 15.9 Å². The minimum Gasteiger partial charge on any atom is -0.468 e. The number of furan rings is 1. The molecule has 3 aromatic rings. The third kappa shape index (κ3) is 4.70. The molecule has 1 fully saturated rings. The van der Waals surface area contributed by atoms with Gasteiger partial charge in [0.15, 0.2) is 0 Å². The summed E-state index contributed by atoms with van der Waals surface area (Å²) >= 11 is 0. The van der Waals surface area contributed by atoms with E-state index in [4.69, 9.17) is 4.42 Å². The predicted molar refractivity (Wildman–Crippen MR) is 113 cm³/mol. The van der Waals surface area contributed by atoms with Gasteiger partial charge < -0.3 is 9.73 Å². The highest BCUT2D eigenvalue weighted by molar-refractivity contribution is 7.89. The molecule has 0 radical (unpaired) electrons. The molecule has 0 spiro atoms. The summed E-state index contributed by atoms with van der Waals surface area (Å²) in [6.07, 6.45) is 4.95. The Morgan fingerprint density at radius 3 is 2.29 bits per heavy atom. The van der Waals surface area contributed by atoms with Crippen LogP contribution < -0.4 is 10.0 Å². The molecule has 0 atom stereocenters. The third-order valence-electron chi connectivity index (χ3n) is 5.65. The zero-order valence-corrected chi connectivity index (χ0v) is 17.6. The van der Waals surface area contributed by atoms with Crippen molar-refractivity contribution < 1.29 is 22.0 Å². The molecule has 1 aliphatic carbocycles. The summed E-state index contributed by atoms with van der Waals surface area (Å²) in [5, 5.41) is 3.11. The number of benzene rings is 2. The predicted octanol–water partition coefficient (Wildman–Crippen LogP) is 4.10. The Hall–Kier alpha value is -2.97. The van der Waals surface area contributed by atoms with Crippen molar-refractivity contribution in [2.75, 3.05) is 0 Å². The molecule has 1 saturated carbocycles. The molecule has 2 N–H and O–H groups in total. The molecule has 1 amide bonds. The number of amides is 1. The van der Waals surface area contributed by atoms with Gasteiger partial charge >= 0.3 is 0 Å². The molecule has 6 nitrogen and oxygen atoms in total. The molecule has 0 bridgehead atoms. The van der Waals surface area contributed by atoms with Gasteiger partial charge in [-0.15, -0.1) is 0 Å². The summed E-state index contributed by atoms with van der Waals surface area (Å²) in [6, 6.07) is 15.4. The highest BCUT2D eigenvalue weighted by Crippen LogP contribution is 2.39. The number of nitrogens with one attached hydrogen (secondary N) is 2. The average molecular weight is 443 g/mol. The fraction of sp³-hybridized carbons (Fsp3) is 0.261. The van der Waals surface area contributed by atoms with Gasteiger partial charge in [-0.3, -0.25) is 4.79 Å². The molecule has 0 saturated heterocycles. The molecule has 1 aromatic heterocycles. The molecule has 1 heterocycles. The number of carbonyl (C=O) groups excluding carboxylic acids is 1. The van der Waals surface area contributed by atoms with Crippen LogP contribution in [0.4, 0.5) is 4.39 Å². The first kappa shape index (κ1) is 21.3. The van der Waals surface area contributed by atoms with Crippen molar-refractivity contribution in [3.05, 3.63) is 89.6 Å². The van der Waals surface area contributed by atoms with E-state index in [1.165, 1.54) is 42.7 Å². The van der Waals surface area contributed by atoms with Crippen LogP contribution >= 0.6 is 0 Å². The number of rotatable bonds is 7. The van der Waals surface area contributed by atoms with Crippen molar-refractivity contribution in [2.24, 2.45) is 0 Å². The van der Waals surface area contributed by atoms with Crippen molar-refractivity contribution in [1.29, 1.82) is 0 Å². The maximum absolute atomic E-state index is 13.3. The van der Waals surface area contributed by atoms with Crippen LogP contribution in [0.15, 0.2) is 76.2 Å². The Balaban J connectivity index is 1.48. The van der Waals surface area contributed by atoms with Gasteiger partial charge in [0.1, 0.15) is 11.6 Å². The molecule has 31 heavy (non-hydrogen) atoms. The van der Waals surface area contributed by atoms with Crippen LogP contribution in [0.25, 0.3) is 0 Å². The zero-order chi connectivity index (χ0) is 21.9. The first-order valence-electron chi connectivity index (χ1n) is 10.1. The van der Waals surface area contributed by atoms with Gasteiger partial charge in [-0.2, -0.15) is 0 Å². The lowest BCUT2D eigenvalue weighted by Crippen LogP contribution is -2.43. The summed E-state index contributed by atoms with van der Waals surface area (Å²) in [5.74, 6) is -0.110.